The van der Waals surface area contributed by atoms with Crippen molar-refractivity contribution in [3.63, 3.8) is 0 Å². The van der Waals surface area contributed by atoms with Crippen molar-refractivity contribution in [1.29, 1.82) is 0 Å². The minimum absolute atomic E-state index is 0.0353. The standard InChI is InChI=1S/C32H64N2O2/c1-6-9-10-11-12-13-14-15-16-17-18-19-20-21-22-23-24-25-26-27-31(35)33-30(28-29(4)5)32(36)34(7-2)8-3/h29-30H,6-28H2,1-5H3,(H,33,35)/t30-/m0/s1. The van der Waals surface area contributed by atoms with Gasteiger partial charge in [-0.25, -0.2) is 0 Å². The highest BCUT2D eigenvalue weighted by Crippen LogP contribution is 2.15. The van der Waals surface area contributed by atoms with E-state index < -0.39 is 0 Å². The van der Waals surface area contributed by atoms with Crippen molar-refractivity contribution in [3.05, 3.63) is 0 Å². The van der Waals surface area contributed by atoms with Crippen LogP contribution in [0.3, 0.4) is 0 Å². The summed E-state index contributed by atoms with van der Waals surface area (Å²) in [4.78, 5) is 27.0. The summed E-state index contributed by atoms with van der Waals surface area (Å²) in [6.07, 6.45) is 27.0. The maximum absolute atomic E-state index is 12.7. The average Bonchev–Trinajstić information content (AvgIpc) is 2.85. The lowest BCUT2D eigenvalue weighted by atomic mass is 10.0. The highest BCUT2D eigenvalue weighted by molar-refractivity contribution is 5.87. The van der Waals surface area contributed by atoms with Crippen LogP contribution in [0.4, 0.5) is 0 Å². The maximum Gasteiger partial charge on any atom is 0.245 e. The van der Waals surface area contributed by atoms with Gasteiger partial charge in [0, 0.05) is 19.5 Å². The summed E-state index contributed by atoms with van der Waals surface area (Å²) in [7, 11) is 0. The fourth-order valence-electron chi connectivity index (χ4n) is 5.08. The Bertz CT molecular complexity index is 502. The van der Waals surface area contributed by atoms with Crippen LogP contribution >= 0.6 is 0 Å². The van der Waals surface area contributed by atoms with Crippen molar-refractivity contribution in [3.8, 4) is 0 Å². The largest absolute Gasteiger partial charge is 0.344 e. The van der Waals surface area contributed by atoms with Crippen LogP contribution in [-0.4, -0.2) is 35.8 Å². The number of carbonyl (C=O) groups excluding carboxylic acids is 2. The minimum atomic E-state index is -0.377. The van der Waals surface area contributed by atoms with Gasteiger partial charge in [0.25, 0.3) is 0 Å². The molecule has 0 saturated carbocycles. The van der Waals surface area contributed by atoms with E-state index in [2.05, 4.69) is 26.1 Å². The number of unbranched alkanes of at least 4 members (excludes halogenated alkanes) is 18. The van der Waals surface area contributed by atoms with Gasteiger partial charge in [0.1, 0.15) is 6.04 Å². The van der Waals surface area contributed by atoms with E-state index in [0.717, 1.165) is 12.8 Å². The Kier molecular flexibility index (Phi) is 24.8. The number of carbonyl (C=O) groups is 2. The number of hydrogen-bond donors (Lipinski definition) is 1. The van der Waals surface area contributed by atoms with Gasteiger partial charge >= 0.3 is 0 Å². The Labute approximate surface area is 226 Å². The van der Waals surface area contributed by atoms with Crippen LogP contribution < -0.4 is 5.32 Å². The number of likely N-dealkylation sites (N-methyl/N-ethyl adjacent to an activating group) is 1. The number of rotatable bonds is 26. The third-order valence-electron chi connectivity index (χ3n) is 7.42. The van der Waals surface area contributed by atoms with E-state index in [0.29, 0.717) is 31.8 Å². The van der Waals surface area contributed by atoms with E-state index >= 15 is 0 Å². The van der Waals surface area contributed by atoms with E-state index in [1.54, 1.807) is 0 Å². The summed E-state index contributed by atoms with van der Waals surface area (Å²) in [6, 6.07) is -0.377. The van der Waals surface area contributed by atoms with Crippen molar-refractivity contribution < 1.29 is 9.59 Å². The normalized spacial score (nSPS) is 12.2. The first kappa shape index (κ1) is 34.9. The summed E-state index contributed by atoms with van der Waals surface area (Å²) >= 11 is 0. The summed E-state index contributed by atoms with van der Waals surface area (Å²) < 4.78 is 0. The van der Waals surface area contributed by atoms with Gasteiger partial charge in [-0.3, -0.25) is 9.59 Å². The lowest BCUT2D eigenvalue weighted by Crippen LogP contribution is -2.49. The first-order chi connectivity index (χ1) is 17.5. The lowest BCUT2D eigenvalue weighted by molar-refractivity contribution is -0.136. The van der Waals surface area contributed by atoms with Gasteiger partial charge in [0.05, 0.1) is 0 Å². The summed E-state index contributed by atoms with van der Waals surface area (Å²) in [5.41, 5.74) is 0. The zero-order valence-corrected chi connectivity index (χ0v) is 25.2. The van der Waals surface area contributed by atoms with Crippen molar-refractivity contribution in [2.45, 2.75) is 175 Å². The molecule has 0 aliphatic rings. The second-order valence-electron chi connectivity index (χ2n) is 11.4. The van der Waals surface area contributed by atoms with Gasteiger partial charge in [0.15, 0.2) is 0 Å². The van der Waals surface area contributed by atoms with E-state index in [1.807, 2.05) is 18.7 Å². The molecular formula is C32H64N2O2. The quantitative estimate of drug-likeness (QED) is 0.118. The Balaban J connectivity index is 3.61. The maximum atomic E-state index is 12.7. The molecule has 2 amide bonds. The Hall–Kier alpha value is -1.06. The van der Waals surface area contributed by atoms with Crippen LogP contribution in [-0.2, 0) is 9.59 Å². The number of hydrogen-bond acceptors (Lipinski definition) is 2. The van der Waals surface area contributed by atoms with Crippen LogP contribution in [0, 0.1) is 5.92 Å². The second kappa shape index (κ2) is 25.6. The molecule has 1 atom stereocenters. The van der Waals surface area contributed by atoms with Crippen LogP contribution in [0.5, 0.6) is 0 Å². The molecule has 0 saturated heterocycles. The second-order valence-corrected chi connectivity index (χ2v) is 11.4. The monoisotopic (exact) mass is 508 g/mol. The van der Waals surface area contributed by atoms with Crippen LogP contribution in [0.25, 0.3) is 0 Å². The smallest absolute Gasteiger partial charge is 0.245 e. The number of amides is 2. The van der Waals surface area contributed by atoms with Gasteiger partial charge in [-0.1, -0.05) is 136 Å². The van der Waals surface area contributed by atoms with Gasteiger partial charge in [0.2, 0.25) is 11.8 Å². The molecule has 0 rings (SSSR count). The summed E-state index contributed by atoms with van der Waals surface area (Å²) in [6.45, 7) is 11.9. The average molecular weight is 509 g/mol. The molecule has 0 radical (unpaired) electrons. The van der Waals surface area contributed by atoms with E-state index in [9.17, 15) is 9.59 Å². The molecule has 1 N–H and O–H groups in total. The molecule has 0 spiro atoms. The molecule has 0 aliphatic heterocycles. The first-order valence-electron chi connectivity index (χ1n) is 16.0. The molecule has 0 aromatic carbocycles. The van der Waals surface area contributed by atoms with Gasteiger partial charge < -0.3 is 10.2 Å². The highest BCUT2D eigenvalue weighted by atomic mass is 16.2. The predicted octanol–water partition coefficient (Wildman–Crippen LogP) is 9.21. The fraction of sp³-hybridized carbons (Fsp3) is 0.938. The Morgan fingerprint density at radius 3 is 1.28 bits per heavy atom. The van der Waals surface area contributed by atoms with Crippen molar-refractivity contribution in [1.82, 2.24) is 10.2 Å². The molecule has 0 heterocycles. The molecule has 0 bridgehead atoms. The Morgan fingerprint density at radius 1 is 0.583 bits per heavy atom. The molecule has 0 aromatic heterocycles. The van der Waals surface area contributed by atoms with Crippen molar-refractivity contribution in [2.75, 3.05) is 13.1 Å². The first-order valence-corrected chi connectivity index (χ1v) is 16.0. The van der Waals surface area contributed by atoms with Gasteiger partial charge in [-0.2, -0.15) is 0 Å². The number of nitrogens with one attached hydrogen (secondary N) is 1. The van der Waals surface area contributed by atoms with Crippen LogP contribution in [0.2, 0.25) is 0 Å². The van der Waals surface area contributed by atoms with Crippen molar-refractivity contribution in [2.24, 2.45) is 5.92 Å². The van der Waals surface area contributed by atoms with E-state index in [4.69, 9.17) is 0 Å². The SMILES string of the molecule is CCCCCCCCCCCCCCCCCCCCCC(=O)N[C@@H](CC(C)C)C(=O)N(CC)CC. The molecule has 0 aliphatic carbocycles. The molecule has 4 nitrogen and oxygen atoms in total. The van der Waals surface area contributed by atoms with Crippen LogP contribution in [0.15, 0.2) is 0 Å². The predicted molar refractivity (Wildman–Crippen MR) is 157 cm³/mol. The lowest BCUT2D eigenvalue weighted by Gasteiger charge is -2.27. The topological polar surface area (TPSA) is 49.4 Å². The van der Waals surface area contributed by atoms with Crippen LogP contribution in [0.1, 0.15) is 169 Å². The molecule has 0 aromatic rings. The minimum Gasteiger partial charge on any atom is -0.344 e. The number of nitrogens with zero attached hydrogens (tertiary/aromatic N) is 1. The Morgan fingerprint density at radius 2 is 0.944 bits per heavy atom. The fourth-order valence-corrected chi connectivity index (χ4v) is 5.08. The summed E-state index contributed by atoms with van der Waals surface area (Å²) in [5, 5.41) is 3.03. The van der Waals surface area contributed by atoms with E-state index in [1.165, 1.54) is 109 Å². The molecule has 4 heteroatoms. The zero-order valence-electron chi connectivity index (χ0n) is 25.2. The summed E-state index contributed by atoms with van der Waals surface area (Å²) in [5.74, 6) is 0.480. The van der Waals surface area contributed by atoms with Crippen molar-refractivity contribution >= 4 is 11.8 Å². The highest BCUT2D eigenvalue weighted by Gasteiger charge is 2.25. The molecule has 0 fully saturated rings. The third kappa shape index (κ3) is 21.1. The molecular weight excluding hydrogens is 444 g/mol. The van der Waals surface area contributed by atoms with Gasteiger partial charge in [-0.15, -0.1) is 0 Å². The van der Waals surface area contributed by atoms with E-state index in [-0.39, 0.29) is 17.9 Å². The van der Waals surface area contributed by atoms with Gasteiger partial charge in [-0.05, 0) is 32.6 Å². The zero-order chi connectivity index (χ0) is 26.9. The molecule has 0 unspecified atom stereocenters. The molecule has 36 heavy (non-hydrogen) atoms. The third-order valence-corrected chi connectivity index (χ3v) is 7.42. The molecule has 214 valence electrons.